The average Bonchev–Trinajstić information content (AvgIpc) is 3.39. The largest absolute Gasteiger partial charge is 0.260 e. The lowest BCUT2D eigenvalue weighted by molar-refractivity contribution is 0.707. The second-order valence-corrected chi connectivity index (χ2v) is 12.8. The Hall–Kier alpha value is -5.60. The highest BCUT2D eigenvalue weighted by Gasteiger charge is 2.48. The molecule has 2 aromatic heterocycles. The van der Waals surface area contributed by atoms with E-state index in [1.807, 2.05) is 18.3 Å². The second kappa shape index (κ2) is 11.3. The van der Waals surface area contributed by atoms with E-state index in [0.717, 1.165) is 22.6 Å². The van der Waals surface area contributed by atoms with Gasteiger partial charge in [0.25, 0.3) is 0 Å². The third-order valence-electron chi connectivity index (χ3n) is 9.93. The molecule has 47 heavy (non-hydrogen) atoms. The Bertz CT molecular complexity index is 2140. The van der Waals surface area contributed by atoms with Gasteiger partial charge in [-0.2, -0.15) is 0 Å². The van der Waals surface area contributed by atoms with Gasteiger partial charge in [0.1, 0.15) is 5.41 Å². The molecule has 0 fully saturated rings. The Kier molecular flexibility index (Phi) is 6.95. The van der Waals surface area contributed by atoms with Crippen molar-refractivity contribution in [3.63, 3.8) is 0 Å². The third kappa shape index (κ3) is 4.55. The fraction of sp³-hybridized carbons (Fsp3) is 0.111. The van der Waals surface area contributed by atoms with Gasteiger partial charge in [-0.05, 0) is 131 Å². The lowest BCUT2D eigenvalue weighted by Crippen LogP contribution is -2.31. The Balaban J connectivity index is 1.47. The van der Waals surface area contributed by atoms with Crippen molar-refractivity contribution in [3.05, 3.63) is 190 Å². The Morgan fingerprint density at radius 1 is 0.426 bits per heavy atom. The molecule has 226 valence electrons. The summed E-state index contributed by atoms with van der Waals surface area (Å²) in [7, 11) is 0. The number of hydrogen-bond donors (Lipinski definition) is 0. The zero-order chi connectivity index (χ0) is 32.1. The van der Waals surface area contributed by atoms with Crippen LogP contribution in [0.4, 0.5) is 0 Å². The van der Waals surface area contributed by atoms with E-state index in [9.17, 15) is 0 Å². The number of fused-ring (bicyclic) bond motifs is 3. The van der Waals surface area contributed by atoms with Gasteiger partial charge in [-0.25, -0.2) is 0 Å². The smallest absolute Gasteiger partial charge is 0.106 e. The van der Waals surface area contributed by atoms with Crippen LogP contribution in [0.25, 0.3) is 44.6 Å². The molecule has 0 amide bonds. The molecular formula is C45H36N2. The number of pyridine rings is 2. The lowest BCUT2D eigenvalue weighted by Gasteiger charge is -2.32. The quantitative estimate of drug-likeness (QED) is 0.195. The molecule has 0 saturated carbocycles. The summed E-state index contributed by atoms with van der Waals surface area (Å²) in [6, 6.07) is 50.3. The summed E-state index contributed by atoms with van der Waals surface area (Å²) in [5.74, 6) is 0. The van der Waals surface area contributed by atoms with Crippen molar-refractivity contribution < 1.29 is 0 Å². The fourth-order valence-electron chi connectivity index (χ4n) is 7.86. The standard InChI is InChI=1S/C45H36N2/c1-29-13-10-14-30(2)43(29)34-22-24-38-36(27-34)37-28-35(44-31(3)15-11-16-32(44)4)23-25-39(37)45(38,41-20-8-9-26-46-41)42-21-12-19-40(47-42)33-17-6-5-7-18-33/h5-28H,1-4H3. The zero-order valence-electron chi connectivity index (χ0n) is 27.3. The molecular weight excluding hydrogens is 569 g/mol. The lowest BCUT2D eigenvalue weighted by atomic mass is 9.71. The molecule has 0 atom stereocenters. The van der Waals surface area contributed by atoms with Gasteiger partial charge >= 0.3 is 0 Å². The van der Waals surface area contributed by atoms with E-state index in [0.29, 0.717) is 0 Å². The molecule has 1 aliphatic rings. The minimum absolute atomic E-state index is 0.699. The summed E-state index contributed by atoms with van der Waals surface area (Å²) >= 11 is 0. The molecule has 2 nitrogen and oxygen atoms in total. The number of aromatic nitrogens is 2. The van der Waals surface area contributed by atoms with Crippen LogP contribution >= 0.6 is 0 Å². The predicted octanol–water partition coefficient (Wildman–Crippen LogP) is 11.1. The molecule has 2 heteroatoms. The minimum atomic E-state index is -0.699. The first-order chi connectivity index (χ1) is 23.0. The second-order valence-electron chi connectivity index (χ2n) is 12.8. The number of aryl methyl sites for hydroxylation is 4. The normalized spacial score (nSPS) is 12.9. The Morgan fingerprint density at radius 3 is 1.47 bits per heavy atom. The molecule has 2 heterocycles. The van der Waals surface area contributed by atoms with Crippen LogP contribution in [0.2, 0.25) is 0 Å². The monoisotopic (exact) mass is 604 g/mol. The first-order valence-electron chi connectivity index (χ1n) is 16.3. The summed E-state index contributed by atoms with van der Waals surface area (Å²) in [5, 5.41) is 0. The van der Waals surface area contributed by atoms with Gasteiger partial charge in [0, 0.05) is 11.8 Å². The molecule has 8 rings (SSSR count). The first-order valence-corrected chi connectivity index (χ1v) is 16.3. The summed E-state index contributed by atoms with van der Waals surface area (Å²) in [4.78, 5) is 10.5. The topological polar surface area (TPSA) is 25.8 Å². The molecule has 0 unspecified atom stereocenters. The van der Waals surface area contributed by atoms with E-state index < -0.39 is 5.41 Å². The average molecular weight is 605 g/mol. The molecule has 0 aliphatic heterocycles. The fourth-order valence-corrected chi connectivity index (χ4v) is 7.86. The highest BCUT2D eigenvalue weighted by Crippen LogP contribution is 2.57. The molecule has 5 aromatic carbocycles. The van der Waals surface area contributed by atoms with Crippen LogP contribution in [-0.2, 0) is 5.41 Å². The molecule has 0 radical (unpaired) electrons. The maximum Gasteiger partial charge on any atom is 0.106 e. The maximum absolute atomic E-state index is 5.45. The summed E-state index contributed by atoms with van der Waals surface area (Å²) in [6.45, 7) is 8.83. The molecule has 0 N–H and O–H groups in total. The predicted molar refractivity (Wildman–Crippen MR) is 195 cm³/mol. The van der Waals surface area contributed by atoms with E-state index in [1.54, 1.807) is 0 Å². The van der Waals surface area contributed by atoms with Crippen molar-refractivity contribution >= 4 is 0 Å². The van der Waals surface area contributed by atoms with Gasteiger partial charge in [0.2, 0.25) is 0 Å². The first kappa shape index (κ1) is 28.8. The summed E-state index contributed by atoms with van der Waals surface area (Å²) < 4.78 is 0. The van der Waals surface area contributed by atoms with Crippen LogP contribution in [-0.4, -0.2) is 9.97 Å². The summed E-state index contributed by atoms with van der Waals surface area (Å²) in [6.07, 6.45) is 1.91. The van der Waals surface area contributed by atoms with E-state index in [4.69, 9.17) is 9.97 Å². The molecule has 0 saturated heterocycles. The number of rotatable bonds is 5. The van der Waals surface area contributed by atoms with E-state index >= 15 is 0 Å². The van der Waals surface area contributed by atoms with Gasteiger partial charge in [-0.3, -0.25) is 9.97 Å². The molecule has 7 aromatic rings. The maximum atomic E-state index is 5.45. The van der Waals surface area contributed by atoms with E-state index in [-0.39, 0.29) is 0 Å². The minimum Gasteiger partial charge on any atom is -0.260 e. The van der Waals surface area contributed by atoms with Crippen LogP contribution in [0.15, 0.2) is 146 Å². The van der Waals surface area contributed by atoms with Crippen LogP contribution in [0.1, 0.15) is 44.8 Å². The number of benzene rings is 5. The third-order valence-corrected chi connectivity index (χ3v) is 9.93. The van der Waals surface area contributed by atoms with Gasteiger partial charge in [0.15, 0.2) is 0 Å². The van der Waals surface area contributed by atoms with Gasteiger partial charge in [-0.1, -0.05) is 103 Å². The van der Waals surface area contributed by atoms with Crippen molar-refractivity contribution in [2.24, 2.45) is 0 Å². The highest BCUT2D eigenvalue weighted by molar-refractivity contribution is 5.91. The zero-order valence-corrected chi connectivity index (χ0v) is 27.3. The van der Waals surface area contributed by atoms with Crippen LogP contribution in [0, 0.1) is 27.7 Å². The van der Waals surface area contributed by atoms with Crippen molar-refractivity contribution in [1.82, 2.24) is 9.97 Å². The number of nitrogens with zero attached hydrogens (tertiary/aromatic N) is 2. The molecule has 0 bridgehead atoms. The van der Waals surface area contributed by atoms with Crippen molar-refractivity contribution in [2.75, 3.05) is 0 Å². The van der Waals surface area contributed by atoms with Gasteiger partial charge in [-0.15, -0.1) is 0 Å². The van der Waals surface area contributed by atoms with Gasteiger partial charge in [0.05, 0.1) is 17.1 Å². The molecule has 1 aliphatic carbocycles. The summed E-state index contributed by atoms with van der Waals surface area (Å²) in [5.41, 5.74) is 18.3. The van der Waals surface area contributed by atoms with Crippen LogP contribution < -0.4 is 0 Å². The number of hydrogen-bond acceptors (Lipinski definition) is 2. The van der Waals surface area contributed by atoms with Crippen molar-refractivity contribution in [2.45, 2.75) is 33.1 Å². The van der Waals surface area contributed by atoms with E-state index in [2.05, 4.69) is 155 Å². The van der Waals surface area contributed by atoms with Gasteiger partial charge < -0.3 is 0 Å². The Labute approximate surface area is 277 Å². The van der Waals surface area contributed by atoms with Crippen LogP contribution in [0.3, 0.4) is 0 Å². The van der Waals surface area contributed by atoms with E-state index in [1.165, 1.54) is 66.8 Å². The SMILES string of the molecule is Cc1cccc(C)c1-c1ccc2c(c1)-c1cc(-c3c(C)cccc3C)ccc1C2(c1ccccn1)c1cccc(-c2ccccc2)n1. The van der Waals surface area contributed by atoms with Crippen molar-refractivity contribution in [1.29, 1.82) is 0 Å². The van der Waals surface area contributed by atoms with Crippen LogP contribution in [0.5, 0.6) is 0 Å². The van der Waals surface area contributed by atoms with Crippen molar-refractivity contribution in [3.8, 4) is 44.6 Å². The Morgan fingerprint density at radius 2 is 0.936 bits per heavy atom. The molecule has 0 spiro atoms. The highest BCUT2D eigenvalue weighted by atomic mass is 14.8.